The van der Waals surface area contributed by atoms with Crippen LogP contribution < -0.4 is 5.32 Å². The van der Waals surface area contributed by atoms with E-state index in [1.54, 1.807) is 0 Å². The van der Waals surface area contributed by atoms with Crippen LogP contribution in [0.2, 0.25) is 19.1 Å². The molecule has 0 bridgehead atoms. The van der Waals surface area contributed by atoms with E-state index in [4.69, 9.17) is 4.43 Å². The van der Waals surface area contributed by atoms with E-state index in [1.807, 2.05) is 56.3 Å². The van der Waals surface area contributed by atoms with E-state index in [1.165, 1.54) is 0 Å². The minimum absolute atomic E-state index is 0.311. The number of fused-ring (bicyclic) bond motifs is 3. The second kappa shape index (κ2) is 9.73. The Morgan fingerprint density at radius 2 is 1.46 bits per heavy atom. The van der Waals surface area contributed by atoms with E-state index >= 15 is 0 Å². The van der Waals surface area contributed by atoms with Gasteiger partial charge in [-0.3, -0.25) is 5.32 Å². The van der Waals surface area contributed by atoms with Crippen LogP contribution in [0.4, 0.5) is 0 Å². The average molecular weight is 488 g/mol. The van der Waals surface area contributed by atoms with Gasteiger partial charge in [-0.2, -0.15) is 0 Å². The zero-order valence-corrected chi connectivity index (χ0v) is 22.5. The highest BCUT2D eigenvalue weighted by molar-refractivity contribution is 6.71. The first-order valence-electron chi connectivity index (χ1n) is 12.7. The molecule has 0 heterocycles. The van der Waals surface area contributed by atoms with Crippen molar-refractivity contribution in [2.24, 2.45) is 5.92 Å². The van der Waals surface area contributed by atoms with Crippen molar-refractivity contribution in [2.45, 2.75) is 64.0 Å². The normalized spacial score (nSPS) is 15.9. The molecule has 3 aromatic carbocycles. The molecule has 0 saturated carbocycles. The van der Waals surface area contributed by atoms with Crippen molar-refractivity contribution in [3.05, 3.63) is 95.6 Å². The fourth-order valence-corrected chi connectivity index (χ4v) is 7.99. The summed E-state index contributed by atoms with van der Waals surface area (Å²) in [7, 11) is -2.32. The number of hydrogen-bond donors (Lipinski definition) is 2. The summed E-state index contributed by atoms with van der Waals surface area (Å²) >= 11 is 0. The molecule has 0 spiro atoms. The summed E-state index contributed by atoms with van der Waals surface area (Å²) in [6.07, 6.45) is 2.09. The number of hydrogen-bond acceptors (Lipinski definition) is 3. The topological polar surface area (TPSA) is 58.6 Å². The van der Waals surface area contributed by atoms with E-state index in [-0.39, 0.29) is 5.92 Å². The van der Waals surface area contributed by atoms with Crippen LogP contribution in [0.25, 0.3) is 11.1 Å². The number of carboxylic acid groups (broad SMARTS) is 1. The molecule has 184 valence electrons. The first kappa shape index (κ1) is 25.4. The third kappa shape index (κ3) is 4.37. The summed E-state index contributed by atoms with van der Waals surface area (Å²) in [5.41, 5.74) is 2.90. The Hall–Kier alpha value is -2.73. The quantitative estimate of drug-likeness (QED) is 0.239. The van der Waals surface area contributed by atoms with Gasteiger partial charge in [0.1, 0.15) is 0 Å². The van der Waals surface area contributed by atoms with Gasteiger partial charge in [0.25, 0.3) is 0 Å². The highest BCUT2D eigenvalue weighted by atomic mass is 28.4. The Kier molecular flexibility index (Phi) is 7.05. The van der Waals surface area contributed by atoms with Gasteiger partial charge in [-0.1, -0.05) is 112 Å². The van der Waals surface area contributed by atoms with Crippen molar-refractivity contribution in [1.29, 1.82) is 0 Å². The molecule has 4 nitrogen and oxygen atoms in total. The fourth-order valence-electron chi connectivity index (χ4n) is 5.44. The molecule has 35 heavy (non-hydrogen) atoms. The summed E-state index contributed by atoms with van der Waals surface area (Å²) in [6.45, 7) is 10.3. The van der Waals surface area contributed by atoms with Gasteiger partial charge >= 0.3 is 5.97 Å². The van der Waals surface area contributed by atoms with Crippen LogP contribution in [0.15, 0.2) is 78.9 Å². The second-order valence-electron chi connectivity index (χ2n) is 10.5. The highest BCUT2D eigenvalue weighted by Gasteiger charge is 2.55. The van der Waals surface area contributed by atoms with Crippen LogP contribution in [0.5, 0.6) is 0 Å². The summed E-state index contributed by atoms with van der Waals surface area (Å²) in [4.78, 5) is 13.2. The Morgan fingerprint density at radius 3 is 1.94 bits per heavy atom. The van der Waals surface area contributed by atoms with Crippen LogP contribution in [0.3, 0.4) is 0 Å². The molecule has 4 rings (SSSR count). The summed E-state index contributed by atoms with van der Waals surface area (Å²) in [5.74, 6) is -1.28. The van der Waals surface area contributed by atoms with E-state index < -0.39 is 25.6 Å². The van der Waals surface area contributed by atoms with Gasteiger partial charge in [-0.15, -0.1) is 0 Å². The van der Waals surface area contributed by atoms with Crippen molar-refractivity contribution in [3.63, 3.8) is 0 Å². The lowest BCUT2D eigenvalue weighted by atomic mass is 9.78. The SMILES string of the molecule is CCCC[Si](C)(C)OC(NC1(c2ccccc2)c2ccccc2-c2ccccc21)(C(=O)O)C(C)C. The molecule has 1 atom stereocenters. The van der Waals surface area contributed by atoms with Crippen molar-refractivity contribution >= 4 is 14.3 Å². The maximum absolute atomic E-state index is 13.2. The lowest BCUT2D eigenvalue weighted by Crippen LogP contribution is -2.67. The van der Waals surface area contributed by atoms with Gasteiger partial charge in [-0.05, 0) is 47.0 Å². The van der Waals surface area contributed by atoms with Gasteiger partial charge < -0.3 is 9.53 Å². The van der Waals surface area contributed by atoms with Crippen molar-refractivity contribution in [3.8, 4) is 11.1 Å². The van der Waals surface area contributed by atoms with Crippen LogP contribution in [0, 0.1) is 5.92 Å². The number of unbranched alkanes of at least 4 members (excludes halogenated alkanes) is 1. The highest BCUT2D eigenvalue weighted by Crippen LogP contribution is 2.52. The fraction of sp³-hybridized carbons (Fsp3) is 0.367. The smallest absolute Gasteiger partial charge is 0.350 e. The number of benzene rings is 3. The Balaban J connectivity index is 1.99. The molecule has 1 unspecified atom stereocenters. The molecule has 0 fully saturated rings. The lowest BCUT2D eigenvalue weighted by molar-refractivity contribution is -0.167. The van der Waals surface area contributed by atoms with Crippen molar-refractivity contribution in [1.82, 2.24) is 5.32 Å². The molecular weight excluding hydrogens is 450 g/mol. The number of nitrogens with one attached hydrogen (secondary N) is 1. The molecule has 5 heteroatoms. The number of aliphatic carboxylic acids is 1. The zero-order chi connectivity index (χ0) is 25.3. The van der Waals surface area contributed by atoms with E-state index in [0.717, 1.165) is 46.7 Å². The van der Waals surface area contributed by atoms with E-state index in [9.17, 15) is 9.90 Å². The van der Waals surface area contributed by atoms with Crippen LogP contribution in [-0.4, -0.2) is 25.1 Å². The van der Waals surface area contributed by atoms with Gasteiger partial charge in [0.15, 0.2) is 8.32 Å². The number of rotatable bonds is 10. The van der Waals surface area contributed by atoms with Gasteiger partial charge in [0, 0.05) is 5.92 Å². The van der Waals surface area contributed by atoms with Crippen LogP contribution in [0.1, 0.15) is 50.3 Å². The van der Waals surface area contributed by atoms with Crippen molar-refractivity contribution < 1.29 is 14.3 Å². The molecule has 0 saturated heterocycles. The molecule has 2 N–H and O–H groups in total. The standard InChI is InChI=1S/C30H37NO3Si/c1-6-7-21-35(4,5)34-30(22(2)3,28(32)33)31-29(23-15-9-8-10-16-23)26-19-13-11-17-24(26)25-18-12-14-20-27(25)29/h8-20,22,31H,6-7,21H2,1-5H3,(H,32,33). The maximum atomic E-state index is 13.2. The largest absolute Gasteiger partial charge is 0.478 e. The van der Waals surface area contributed by atoms with E-state index in [2.05, 4.69) is 61.7 Å². The minimum atomic E-state index is -2.32. The van der Waals surface area contributed by atoms with E-state index in [0.29, 0.717) is 0 Å². The maximum Gasteiger partial charge on any atom is 0.350 e. The lowest BCUT2D eigenvalue weighted by Gasteiger charge is -2.47. The van der Waals surface area contributed by atoms with Crippen LogP contribution >= 0.6 is 0 Å². The predicted molar refractivity (Wildman–Crippen MR) is 145 cm³/mol. The Bertz CT molecular complexity index is 1150. The summed E-state index contributed by atoms with van der Waals surface area (Å²) < 4.78 is 6.82. The number of carboxylic acids is 1. The molecular formula is C30H37NO3Si. The average Bonchev–Trinajstić information content (AvgIpc) is 3.13. The Labute approximate surface area is 210 Å². The monoisotopic (exact) mass is 487 g/mol. The molecule has 0 amide bonds. The molecule has 0 aromatic heterocycles. The first-order chi connectivity index (χ1) is 16.7. The number of carbonyl (C=O) groups is 1. The third-order valence-corrected chi connectivity index (χ3v) is 9.66. The first-order valence-corrected chi connectivity index (χ1v) is 15.8. The van der Waals surface area contributed by atoms with Gasteiger partial charge in [0.2, 0.25) is 5.72 Å². The minimum Gasteiger partial charge on any atom is -0.478 e. The second-order valence-corrected chi connectivity index (χ2v) is 14.7. The third-order valence-electron chi connectivity index (χ3n) is 7.23. The van der Waals surface area contributed by atoms with Crippen LogP contribution in [-0.2, 0) is 14.8 Å². The molecule has 0 aliphatic heterocycles. The van der Waals surface area contributed by atoms with Gasteiger partial charge in [0.05, 0.1) is 5.54 Å². The molecule has 1 aliphatic carbocycles. The molecule has 0 radical (unpaired) electrons. The van der Waals surface area contributed by atoms with Gasteiger partial charge in [-0.25, -0.2) is 4.79 Å². The van der Waals surface area contributed by atoms with Crippen molar-refractivity contribution in [2.75, 3.05) is 0 Å². The molecule has 1 aliphatic rings. The zero-order valence-electron chi connectivity index (χ0n) is 21.5. The summed E-state index contributed by atoms with van der Waals surface area (Å²) in [5, 5.41) is 14.6. The Morgan fingerprint density at radius 1 is 0.943 bits per heavy atom. The molecule has 3 aromatic rings. The summed E-state index contributed by atoms with van der Waals surface area (Å²) in [6, 6.07) is 27.7. The predicted octanol–water partition coefficient (Wildman–Crippen LogP) is 7.01.